The molecular formula is C33H45N7O4. The Morgan fingerprint density at radius 1 is 1.00 bits per heavy atom. The van der Waals surface area contributed by atoms with Crippen LogP contribution in [0.1, 0.15) is 85.8 Å². The van der Waals surface area contributed by atoms with Gasteiger partial charge in [0.1, 0.15) is 29.7 Å². The van der Waals surface area contributed by atoms with Crippen LogP contribution in [0.5, 0.6) is 0 Å². The van der Waals surface area contributed by atoms with Gasteiger partial charge in [0.15, 0.2) is 0 Å². The molecule has 1 aromatic heterocycles. The van der Waals surface area contributed by atoms with Crippen molar-refractivity contribution in [3.63, 3.8) is 0 Å². The monoisotopic (exact) mass is 603 g/mol. The molecule has 2 amide bonds. The zero-order valence-corrected chi connectivity index (χ0v) is 25.4. The summed E-state index contributed by atoms with van der Waals surface area (Å²) in [6.07, 6.45) is 11.7. The minimum atomic E-state index is -0.675. The lowest BCUT2D eigenvalue weighted by Crippen LogP contribution is -2.43. The molecule has 0 radical (unpaired) electrons. The molecule has 6 rings (SSSR count). The van der Waals surface area contributed by atoms with Crippen molar-refractivity contribution >= 4 is 23.3 Å². The van der Waals surface area contributed by atoms with Gasteiger partial charge in [-0.25, -0.2) is 9.97 Å². The number of aromatic nitrogens is 2. The zero-order valence-electron chi connectivity index (χ0n) is 25.4. The highest BCUT2D eigenvalue weighted by molar-refractivity contribution is 6.40. The van der Waals surface area contributed by atoms with Gasteiger partial charge < -0.3 is 25.9 Å². The molecule has 236 valence electrons. The lowest BCUT2D eigenvalue weighted by Gasteiger charge is -2.30. The van der Waals surface area contributed by atoms with Crippen molar-refractivity contribution in [2.45, 2.75) is 101 Å². The quantitative estimate of drug-likeness (QED) is 0.214. The van der Waals surface area contributed by atoms with E-state index >= 15 is 0 Å². The Bertz CT molecular complexity index is 1320. The van der Waals surface area contributed by atoms with Crippen LogP contribution in [0.25, 0.3) is 0 Å². The third kappa shape index (κ3) is 8.32. The van der Waals surface area contributed by atoms with Crippen LogP contribution in [-0.4, -0.2) is 81.4 Å². The molecule has 2 heterocycles. The van der Waals surface area contributed by atoms with E-state index in [1.807, 2.05) is 6.07 Å². The number of oxime groups is 1. The van der Waals surface area contributed by atoms with Gasteiger partial charge in [0.2, 0.25) is 0 Å². The maximum atomic E-state index is 13.0. The Balaban J connectivity index is 0.919. The Morgan fingerprint density at radius 2 is 1.75 bits per heavy atom. The van der Waals surface area contributed by atoms with Crippen LogP contribution in [0.15, 0.2) is 41.8 Å². The number of nitrogens with one attached hydrogen (secondary N) is 3. The van der Waals surface area contributed by atoms with E-state index in [9.17, 15) is 14.7 Å². The smallest absolute Gasteiger partial charge is 0.270 e. The Morgan fingerprint density at radius 3 is 2.52 bits per heavy atom. The first-order chi connectivity index (χ1) is 21.5. The van der Waals surface area contributed by atoms with Gasteiger partial charge in [0, 0.05) is 50.2 Å². The van der Waals surface area contributed by atoms with Crippen LogP contribution in [0.3, 0.4) is 0 Å². The molecule has 2 aromatic rings. The third-order valence-electron chi connectivity index (χ3n) is 9.29. The SMILES string of the molecule is O=C(NC1CCC(Nc2cc(C(=O)NC[C@H](O)CN3CCc4ccccc4C3)ncn2)CC1)/C(=N/OC1CCCC1)C1CC1. The zero-order chi connectivity index (χ0) is 30.3. The minimum absolute atomic E-state index is 0.0836. The molecule has 0 saturated heterocycles. The summed E-state index contributed by atoms with van der Waals surface area (Å²) in [6, 6.07) is 10.4. The number of nitrogens with zero attached hydrogens (tertiary/aromatic N) is 4. The predicted molar refractivity (Wildman–Crippen MR) is 167 cm³/mol. The van der Waals surface area contributed by atoms with Gasteiger partial charge in [0.05, 0.1) is 6.10 Å². The number of fused-ring (bicyclic) bond motifs is 1. The van der Waals surface area contributed by atoms with Crippen molar-refractivity contribution < 1.29 is 19.5 Å². The van der Waals surface area contributed by atoms with Gasteiger partial charge in [0.25, 0.3) is 11.8 Å². The first-order valence-corrected chi connectivity index (χ1v) is 16.4. The summed E-state index contributed by atoms with van der Waals surface area (Å²) in [5.41, 5.74) is 3.49. The van der Waals surface area contributed by atoms with Gasteiger partial charge in [-0.2, -0.15) is 0 Å². The highest BCUT2D eigenvalue weighted by atomic mass is 16.6. The second kappa shape index (κ2) is 14.5. The molecular weight excluding hydrogens is 558 g/mol. The van der Waals surface area contributed by atoms with E-state index in [1.165, 1.54) is 30.3 Å². The molecule has 1 aliphatic heterocycles. The highest BCUT2D eigenvalue weighted by Crippen LogP contribution is 2.32. The molecule has 0 spiro atoms. The van der Waals surface area contributed by atoms with Crippen LogP contribution in [0, 0.1) is 5.92 Å². The molecule has 11 heteroatoms. The standard InChI is InChI=1S/C33H45N7O4/c41-27(20-40-16-15-22-5-1-2-6-24(22)19-40)18-34-32(42)29-17-30(36-21-35-29)37-25-11-13-26(14-12-25)38-33(43)31(23-9-10-23)39-44-28-7-3-4-8-28/h1-2,5-6,17,21,23,25-28,41H,3-4,7-16,18-20H2,(H,34,42)(H,38,43)(H,35,36,37)/b39-31+/t25?,26?,27-/m0/s1. The van der Waals surface area contributed by atoms with Gasteiger partial charge in [-0.3, -0.25) is 14.5 Å². The summed E-state index contributed by atoms with van der Waals surface area (Å²) in [7, 11) is 0. The van der Waals surface area contributed by atoms with E-state index in [0.29, 0.717) is 18.1 Å². The number of hydrogen-bond acceptors (Lipinski definition) is 9. The number of β-amino-alcohol motifs (C(OH)–C–C–N with tert-alkyl or cyclic N) is 1. The van der Waals surface area contributed by atoms with Crippen molar-refractivity contribution in [1.82, 2.24) is 25.5 Å². The lowest BCUT2D eigenvalue weighted by molar-refractivity contribution is -0.116. The Kier molecular flexibility index (Phi) is 10.0. The Hall–Kier alpha value is -3.57. The van der Waals surface area contributed by atoms with Crippen LogP contribution >= 0.6 is 0 Å². The molecule has 3 saturated carbocycles. The molecule has 3 fully saturated rings. The summed E-state index contributed by atoms with van der Waals surface area (Å²) < 4.78 is 0. The van der Waals surface area contributed by atoms with E-state index in [-0.39, 0.29) is 48.2 Å². The van der Waals surface area contributed by atoms with Crippen molar-refractivity contribution in [3.8, 4) is 0 Å². The van der Waals surface area contributed by atoms with E-state index in [4.69, 9.17) is 4.84 Å². The molecule has 44 heavy (non-hydrogen) atoms. The molecule has 4 N–H and O–H groups in total. The van der Waals surface area contributed by atoms with Gasteiger partial charge in [-0.1, -0.05) is 29.4 Å². The third-order valence-corrected chi connectivity index (χ3v) is 9.29. The summed E-state index contributed by atoms with van der Waals surface area (Å²) in [4.78, 5) is 42.2. The Labute approximate surface area is 259 Å². The fourth-order valence-corrected chi connectivity index (χ4v) is 6.57. The van der Waals surface area contributed by atoms with Crippen LogP contribution in [-0.2, 0) is 22.6 Å². The van der Waals surface area contributed by atoms with Crippen molar-refractivity contribution in [2.24, 2.45) is 11.1 Å². The first-order valence-electron chi connectivity index (χ1n) is 16.4. The van der Waals surface area contributed by atoms with E-state index < -0.39 is 6.10 Å². The number of aliphatic hydroxyl groups excluding tert-OH is 1. The first kappa shape index (κ1) is 30.5. The van der Waals surface area contributed by atoms with Crippen LogP contribution in [0.2, 0.25) is 0 Å². The maximum Gasteiger partial charge on any atom is 0.270 e. The van der Waals surface area contributed by atoms with Crippen LogP contribution in [0.4, 0.5) is 5.82 Å². The lowest BCUT2D eigenvalue weighted by atomic mass is 9.91. The number of aliphatic hydroxyl groups is 1. The maximum absolute atomic E-state index is 13.0. The van der Waals surface area contributed by atoms with E-state index in [1.54, 1.807) is 6.07 Å². The molecule has 3 aliphatic carbocycles. The predicted octanol–water partition coefficient (Wildman–Crippen LogP) is 3.19. The molecule has 1 atom stereocenters. The van der Waals surface area contributed by atoms with Crippen molar-refractivity contribution in [2.75, 3.05) is 25.0 Å². The number of benzene rings is 1. The van der Waals surface area contributed by atoms with E-state index in [0.717, 1.165) is 70.9 Å². The molecule has 0 bridgehead atoms. The number of hydrogen-bond donors (Lipinski definition) is 4. The molecule has 0 unspecified atom stereocenters. The molecule has 11 nitrogen and oxygen atoms in total. The van der Waals surface area contributed by atoms with E-state index in [2.05, 4.69) is 54.2 Å². The van der Waals surface area contributed by atoms with Gasteiger partial charge >= 0.3 is 0 Å². The van der Waals surface area contributed by atoms with Crippen molar-refractivity contribution in [1.29, 1.82) is 0 Å². The van der Waals surface area contributed by atoms with Gasteiger partial charge in [-0.15, -0.1) is 0 Å². The number of carbonyl (C=O) groups is 2. The minimum Gasteiger partial charge on any atom is -0.392 e. The van der Waals surface area contributed by atoms with Crippen molar-refractivity contribution in [3.05, 3.63) is 53.5 Å². The summed E-state index contributed by atoms with van der Waals surface area (Å²) >= 11 is 0. The normalized spacial score (nSPS) is 23.4. The average Bonchev–Trinajstić information content (AvgIpc) is 3.74. The second-order valence-electron chi connectivity index (χ2n) is 12.8. The average molecular weight is 604 g/mol. The highest BCUT2D eigenvalue weighted by Gasteiger charge is 2.35. The number of amides is 2. The van der Waals surface area contributed by atoms with Gasteiger partial charge in [-0.05, 0) is 81.8 Å². The largest absolute Gasteiger partial charge is 0.392 e. The summed E-state index contributed by atoms with van der Waals surface area (Å²) in [5.74, 6) is 0.404. The van der Waals surface area contributed by atoms with Crippen LogP contribution < -0.4 is 16.0 Å². The number of anilines is 1. The fraction of sp³-hybridized carbons (Fsp3) is 0.606. The number of carbonyl (C=O) groups excluding carboxylic acids is 2. The topological polar surface area (TPSA) is 141 Å². The summed E-state index contributed by atoms with van der Waals surface area (Å²) in [5, 5.41) is 24.3. The second-order valence-corrected chi connectivity index (χ2v) is 12.8. The molecule has 1 aromatic carbocycles. The molecule has 4 aliphatic rings. The fourth-order valence-electron chi connectivity index (χ4n) is 6.57. The number of rotatable bonds is 12. The summed E-state index contributed by atoms with van der Waals surface area (Å²) in [6.45, 7) is 2.35.